The number of carbonyl (C=O) groups excluding carboxylic acids is 1. The number of hydrogen-bond acceptors (Lipinski definition) is 3. The molecule has 3 aliphatic rings. The number of hydrogen-bond donors (Lipinski definition) is 1. The van der Waals surface area contributed by atoms with E-state index in [-0.39, 0.29) is 17.9 Å². The number of piperidine rings is 1. The molecule has 1 aliphatic carbocycles. The summed E-state index contributed by atoms with van der Waals surface area (Å²) in [6.45, 7) is 4.02. The van der Waals surface area contributed by atoms with Crippen molar-refractivity contribution >= 4 is 5.91 Å². The highest BCUT2D eigenvalue weighted by atomic mass is 16.3. The summed E-state index contributed by atoms with van der Waals surface area (Å²) < 4.78 is 0. The molecule has 4 heteroatoms. The fourth-order valence-corrected chi connectivity index (χ4v) is 3.27. The molecule has 2 saturated heterocycles. The third-order valence-corrected chi connectivity index (χ3v) is 4.73. The Balaban J connectivity index is 1.64. The summed E-state index contributed by atoms with van der Waals surface area (Å²) in [5, 5.41) is 9.33. The van der Waals surface area contributed by atoms with Crippen LogP contribution in [0.1, 0.15) is 32.1 Å². The Kier molecular flexibility index (Phi) is 2.87. The van der Waals surface area contributed by atoms with Gasteiger partial charge in [0.05, 0.1) is 12.0 Å². The molecule has 0 aromatic heterocycles. The van der Waals surface area contributed by atoms with E-state index in [1.54, 1.807) is 0 Å². The van der Waals surface area contributed by atoms with Crippen molar-refractivity contribution in [2.24, 2.45) is 5.41 Å². The van der Waals surface area contributed by atoms with Gasteiger partial charge in [-0.25, -0.2) is 0 Å². The average molecular weight is 238 g/mol. The summed E-state index contributed by atoms with van der Waals surface area (Å²) in [6.07, 6.45) is 5.61. The van der Waals surface area contributed by atoms with Gasteiger partial charge in [0.2, 0.25) is 5.91 Å². The van der Waals surface area contributed by atoms with E-state index in [4.69, 9.17) is 0 Å². The highest BCUT2D eigenvalue weighted by Gasteiger charge is 2.52. The van der Waals surface area contributed by atoms with Crippen LogP contribution < -0.4 is 0 Å². The third kappa shape index (κ3) is 1.97. The van der Waals surface area contributed by atoms with Crippen LogP contribution in [0.5, 0.6) is 0 Å². The molecule has 1 unspecified atom stereocenters. The largest absolute Gasteiger partial charge is 0.395 e. The molecule has 1 atom stereocenters. The summed E-state index contributed by atoms with van der Waals surface area (Å²) in [5.41, 5.74) is -0.378. The lowest BCUT2D eigenvalue weighted by Gasteiger charge is -2.44. The molecule has 3 fully saturated rings. The number of amides is 1. The average Bonchev–Trinajstić information content (AvgIpc) is 3.18. The third-order valence-electron chi connectivity index (χ3n) is 4.73. The smallest absolute Gasteiger partial charge is 0.231 e. The van der Waals surface area contributed by atoms with E-state index >= 15 is 0 Å². The molecule has 1 amide bonds. The molecule has 1 N–H and O–H groups in total. The SMILES string of the molecule is O=C(N1CCN2CCCCC2C1)C1(CO)CC1. The van der Waals surface area contributed by atoms with Crippen molar-refractivity contribution in [3.63, 3.8) is 0 Å². The molecule has 0 aromatic carbocycles. The minimum Gasteiger partial charge on any atom is -0.395 e. The maximum absolute atomic E-state index is 12.3. The molecule has 17 heavy (non-hydrogen) atoms. The van der Waals surface area contributed by atoms with Gasteiger partial charge < -0.3 is 10.0 Å². The van der Waals surface area contributed by atoms with Crippen LogP contribution in [-0.4, -0.2) is 59.6 Å². The second-order valence-corrected chi connectivity index (χ2v) is 5.88. The first-order valence-electron chi connectivity index (χ1n) is 6.89. The quantitative estimate of drug-likeness (QED) is 0.760. The molecule has 0 radical (unpaired) electrons. The minimum atomic E-state index is -0.378. The Bertz CT molecular complexity index is 315. The molecule has 1 saturated carbocycles. The van der Waals surface area contributed by atoms with E-state index in [1.807, 2.05) is 4.90 Å². The second kappa shape index (κ2) is 4.25. The van der Waals surface area contributed by atoms with Crippen LogP contribution in [0.2, 0.25) is 0 Å². The normalized spacial score (nSPS) is 32.1. The van der Waals surface area contributed by atoms with E-state index in [9.17, 15) is 9.90 Å². The van der Waals surface area contributed by atoms with Crippen molar-refractivity contribution in [3.05, 3.63) is 0 Å². The Hall–Kier alpha value is -0.610. The van der Waals surface area contributed by atoms with E-state index in [2.05, 4.69) is 4.90 Å². The predicted octanol–water partition coefficient (Wildman–Crippen LogP) is 0.456. The van der Waals surface area contributed by atoms with Crippen LogP contribution in [0.4, 0.5) is 0 Å². The zero-order chi connectivity index (χ0) is 11.9. The molecular formula is C13H22N2O2. The summed E-state index contributed by atoms with van der Waals surface area (Å²) in [4.78, 5) is 16.9. The molecule has 0 spiro atoms. The van der Waals surface area contributed by atoms with Gasteiger partial charge in [0.15, 0.2) is 0 Å². The lowest BCUT2D eigenvalue weighted by atomic mass is 9.98. The Labute approximate surface area is 103 Å². The maximum atomic E-state index is 12.3. The first-order valence-corrected chi connectivity index (χ1v) is 6.89. The summed E-state index contributed by atoms with van der Waals surface area (Å²) in [6, 6.07) is 0.580. The van der Waals surface area contributed by atoms with Gasteiger partial charge in [-0.15, -0.1) is 0 Å². The number of aliphatic hydroxyl groups is 1. The lowest BCUT2D eigenvalue weighted by Crippen LogP contribution is -2.57. The van der Waals surface area contributed by atoms with Gasteiger partial charge in [-0.3, -0.25) is 9.69 Å². The molecule has 96 valence electrons. The molecule has 2 heterocycles. The van der Waals surface area contributed by atoms with Gasteiger partial charge >= 0.3 is 0 Å². The monoisotopic (exact) mass is 238 g/mol. The number of piperazine rings is 1. The van der Waals surface area contributed by atoms with Crippen LogP contribution >= 0.6 is 0 Å². The van der Waals surface area contributed by atoms with Crippen LogP contribution in [0, 0.1) is 5.41 Å². The number of rotatable bonds is 2. The van der Waals surface area contributed by atoms with Gasteiger partial charge in [0.25, 0.3) is 0 Å². The summed E-state index contributed by atoms with van der Waals surface area (Å²) in [7, 11) is 0. The van der Waals surface area contributed by atoms with Gasteiger partial charge in [0, 0.05) is 25.7 Å². The zero-order valence-electron chi connectivity index (χ0n) is 10.4. The zero-order valence-corrected chi connectivity index (χ0v) is 10.4. The maximum Gasteiger partial charge on any atom is 0.231 e. The number of carbonyl (C=O) groups is 1. The lowest BCUT2D eigenvalue weighted by molar-refractivity contribution is -0.142. The minimum absolute atomic E-state index is 0.0384. The molecular weight excluding hydrogens is 216 g/mol. The molecule has 0 aromatic rings. The second-order valence-electron chi connectivity index (χ2n) is 5.88. The van der Waals surface area contributed by atoms with Crippen molar-refractivity contribution in [1.82, 2.24) is 9.80 Å². The van der Waals surface area contributed by atoms with Crippen LogP contribution in [0.3, 0.4) is 0 Å². The highest BCUT2D eigenvalue weighted by molar-refractivity contribution is 5.85. The molecule has 4 nitrogen and oxygen atoms in total. The van der Waals surface area contributed by atoms with Gasteiger partial charge in [-0.2, -0.15) is 0 Å². The highest BCUT2D eigenvalue weighted by Crippen LogP contribution is 2.47. The first kappa shape index (κ1) is 11.5. The van der Waals surface area contributed by atoms with Crippen molar-refractivity contribution in [1.29, 1.82) is 0 Å². The number of aliphatic hydroxyl groups excluding tert-OH is 1. The molecule has 3 rings (SSSR count). The van der Waals surface area contributed by atoms with Gasteiger partial charge in [-0.1, -0.05) is 6.42 Å². The van der Waals surface area contributed by atoms with Crippen molar-refractivity contribution < 1.29 is 9.90 Å². The summed E-state index contributed by atoms with van der Waals surface area (Å²) in [5.74, 6) is 0.213. The predicted molar refractivity (Wildman–Crippen MR) is 64.5 cm³/mol. The van der Waals surface area contributed by atoms with Crippen molar-refractivity contribution in [3.8, 4) is 0 Å². The fourth-order valence-electron chi connectivity index (χ4n) is 3.27. The van der Waals surface area contributed by atoms with E-state index in [0.29, 0.717) is 6.04 Å². The standard InChI is InChI=1S/C13H22N2O2/c16-10-13(4-5-13)12(17)15-8-7-14-6-2-1-3-11(14)9-15/h11,16H,1-10H2. The van der Waals surface area contributed by atoms with Gasteiger partial charge in [0.1, 0.15) is 0 Å². The van der Waals surface area contributed by atoms with E-state index in [1.165, 1.54) is 25.8 Å². The van der Waals surface area contributed by atoms with Crippen LogP contribution in [0.25, 0.3) is 0 Å². The Morgan fingerprint density at radius 1 is 1.24 bits per heavy atom. The molecule has 2 aliphatic heterocycles. The Morgan fingerprint density at radius 3 is 2.76 bits per heavy atom. The van der Waals surface area contributed by atoms with Crippen LogP contribution in [0.15, 0.2) is 0 Å². The topological polar surface area (TPSA) is 43.8 Å². The molecule has 0 bridgehead atoms. The van der Waals surface area contributed by atoms with Crippen molar-refractivity contribution in [2.45, 2.75) is 38.1 Å². The summed E-state index contributed by atoms with van der Waals surface area (Å²) >= 11 is 0. The van der Waals surface area contributed by atoms with Crippen molar-refractivity contribution in [2.75, 3.05) is 32.8 Å². The van der Waals surface area contributed by atoms with Crippen LogP contribution in [-0.2, 0) is 4.79 Å². The van der Waals surface area contributed by atoms with E-state index < -0.39 is 0 Å². The first-order chi connectivity index (χ1) is 8.25. The van der Waals surface area contributed by atoms with Gasteiger partial charge in [-0.05, 0) is 32.2 Å². The fraction of sp³-hybridized carbons (Fsp3) is 0.923. The number of nitrogens with zero attached hydrogens (tertiary/aromatic N) is 2. The van der Waals surface area contributed by atoms with E-state index in [0.717, 1.165) is 32.5 Å². The number of fused-ring (bicyclic) bond motifs is 1. The Morgan fingerprint density at radius 2 is 2.06 bits per heavy atom.